The van der Waals surface area contributed by atoms with Gasteiger partial charge in [0, 0.05) is 7.05 Å². The van der Waals surface area contributed by atoms with Crippen LogP contribution in [-0.2, 0) is 17.4 Å². The molecule has 1 amide bonds. The molecule has 1 aliphatic rings. The lowest BCUT2D eigenvalue weighted by Crippen LogP contribution is -2.44. The van der Waals surface area contributed by atoms with Crippen LogP contribution in [0.4, 0.5) is 0 Å². The van der Waals surface area contributed by atoms with Gasteiger partial charge in [0.1, 0.15) is 6.33 Å². The van der Waals surface area contributed by atoms with Crippen molar-refractivity contribution in [3.8, 4) is 11.5 Å². The molecule has 0 saturated heterocycles. The molecule has 1 aromatic heterocycles. The number of nitrogens with zero attached hydrogens (tertiary/aromatic N) is 3. The fourth-order valence-electron chi connectivity index (χ4n) is 2.36. The van der Waals surface area contributed by atoms with E-state index >= 15 is 0 Å². The average Bonchev–Trinajstić information content (AvgIpc) is 3.15. The Bertz CT molecular complexity index is 760. The Hall–Kier alpha value is -2.22. The molecule has 0 spiro atoms. The van der Waals surface area contributed by atoms with E-state index in [0.717, 1.165) is 11.3 Å². The monoisotopic (exact) mass is 348 g/mol. The third kappa shape index (κ3) is 3.33. The minimum atomic E-state index is -0.535. The minimum Gasteiger partial charge on any atom is -0.454 e. The highest BCUT2D eigenvalue weighted by molar-refractivity contribution is 8.00. The summed E-state index contributed by atoms with van der Waals surface area (Å²) in [6, 6.07) is 5.71. The lowest BCUT2D eigenvalue weighted by molar-refractivity contribution is -0.122. The number of benzene rings is 1. The van der Waals surface area contributed by atoms with Crippen LogP contribution in [0.3, 0.4) is 0 Å². The molecular formula is C16H20N4O3S. The predicted octanol–water partition coefficient (Wildman–Crippen LogP) is 2.08. The van der Waals surface area contributed by atoms with Crippen LogP contribution in [0.25, 0.3) is 0 Å². The number of rotatable bonds is 5. The summed E-state index contributed by atoms with van der Waals surface area (Å²) in [6.07, 6.45) is 1.61. The molecule has 0 radical (unpaired) electrons. The fraction of sp³-hybridized carbons (Fsp3) is 0.438. The van der Waals surface area contributed by atoms with Gasteiger partial charge >= 0.3 is 0 Å². The first-order valence-electron chi connectivity index (χ1n) is 7.59. The van der Waals surface area contributed by atoms with E-state index in [9.17, 15) is 4.79 Å². The molecule has 7 nitrogen and oxygen atoms in total. The molecule has 0 unspecified atom stereocenters. The first-order valence-corrected chi connectivity index (χ1v) is 8.47. The molecule has 2 heterocycles. The maximum absolute atomic E-state index is 12.6. The summed E-state index contributed by atoms with van der Waals surface area (Å²) in [7, 11) is 1.85. The quantitative estimate of drug-likeness (QED) is 0.834. The molecule has 2 aromatic rings. The predicted molar refractivity (Wildman–Crippen MR) is 90.1 cm³/mol. The molecule has 0 saturated carbocycles. The van der Waals surface area contributed by atoms with Crippen molar-refractivity contribution in [2.24, 2.45) is 7.05 Å². The van der Waals surface area contributed by atoms with E-state index in [1.54, 1.807) is 10.9 Å². The number of hydrogen-bond acceptors (Lipinski definition) is 6. The van der Waals surface area contributed by atoms with Gasteiger partial charge in [0.2, 0.25) is 12.7 Å². The van der Waals surface area contributed by atoms with Gasteiger partial charge in [0.15, 0.2) is 16.7 Å². The normalized spacial score (nSPS) is 14.5. The highest BCUT2D eigenvalue weighted by Gasteiger charge is 2.28. The molecule has 8 heteroatoms. The molecule has 24 heavy (non-hydrogen) atoms. The summed E-state index contributed by atoms with van der Waals surface area (Å²) in [4.78, 5) is 12.6. The average molecular weight is 348 g/mol. The molecule has 1 aromatic carbocycles. The van der Waals surface area contributed by atoms with Gasteiger partial charge in [-0.2, -0.15) is 0 Å². The van der Waals surface area contributed by atoms with Crippen molar-refractivity contribution in [2.45, 2.75) is 36.7 Å². The molecule has 1 atom stereocenters. The maximum atomic E-state index is 12.6. The highest BCUT2D eigenvalue weighted by atomic mass is 32.2. The van der Waals surface area contributed by atoms with Gasteiger partial charge in [0.05, 0.1) is 10.8 Å². The van der Waals surface area contributed by atoms with Crippen molar-refractivity contribution in [2.75, 3.05) is 6.79 Å². The van der Waals surface area contributed by atoms with E-state index in [0.29, 0.717) is 10.9 Å². The standard InChI is InChI=1S/C16H20N4O3S/c1-10(24-15-19-17-8-20(15)4)14(21)18-16(2,3)11-5-6-12-13(7-11)23-9-22-12/h5-8,10H,9H2,1-4H3,(H,18,21)/t10-/m0/s1. The molecule has 128 valence electrons. The summed E-state index contributed by atoms with van der Waals surface area (Å²) in [5.41, 5.74) is 0.420. The van der Waals surface area contributed by atoms with Crippen LogP contribution in [0.15, 0.2) is 29.7 Å². The van der Waals surface area contributed by atoms with Crippen molar-refractivity contribution in [1.82, 2.24) is 20.1 Å². The van der Waals surface area contributed by atoms with Crippen LogP contribution >= 0.6 is 11.8 Å². The molecule has 0 fully saturated rings. The number of aryl methyl sites for hydroxylation is 1. The SMILES string of the molecule is C[C@H](Sc1nncn1C)C(=O)NC(C)(C)c1ccc2c(c1)OCO2. The van der Waals surface area contributed by atoms with E-state index in [-0.39, 0.29) is 18.0 Å². The smallest absolute Gasteiger partial charge is 0.233 e. The van der Waals surface area contributed by atoms with E-state index in [4.69, 9.17) is 9.47 Å². The molecule has 3 rings (SSSR count). The van der Waals surface area contributed by atoms with Gasteiger partial charge in [0.25, 0.3) is 0 Å². The van der Waals surface area contributed by atoms with Crippen molar-refractivity contribution < 1.29 is 14.3 Å². The van der Waals surface area contributed by atoms with Gasteiger partial charge in [-0.3, -0.25) is 4.79 Å². The number of nitrogens with one attached hydrogen (secondary N) is 1. The summed E-state index contributed by atoms with van der Waals surface area (Å²) in [5.74, 6) is 1.37. The van der Waals surface area contributed by atoms with Crippen molar-refractivity contribution in [1.29, 1.82) is 0 Å². The highest BCUT2D eigenvalue weighted by Crippen LogP contribution is 2.35. The van der Waals surface area contributed by atoms with Crippen LogP contribution in [-0.4, -0.2) is 32.7 Å². The van der Waals surface area contributed by atoms with E-state index < -0.39 is 5.54 Å². The Labute approximate surface area is 144 Å². The molecule has 0 bridgehead atoms. The van der Waals surface area contributed by atoms with E-state index in [2.05, 4.69) is 15.5 Å². The second-order valence-electron chi connectivity index (χ2n) is 6.17. The first-order chi connectivity index (χ1) is 11.4. The second-order valence-corrected chi connectivity index (χ2v) is 7.47. The number of hydrogen-bond donors (Lipinski definition) is 1. The molecule has 1 N–H and O–H groups in total. The van der Waals surface area contributed by atoms with Crippen molar-refractivity contribution in [3.05, 3.63) is 30.1 Å². The van der Waals surface area contributed by atoms with Crippen molar-refractivity contribution >= 4 is 17.7 Å². The van der Waals surface area contributed by atoms with Crippen LogP contribution in [0.1, 0.15) is 26.3 Å². The first kappa shape index (κ1) is 16.6. The maximum Gasteiger partial charge on any atom is 0.233 e. The Balaban J connectivity index is 1.69. The number of thioether (sulfide) groups is 1. The van der Waals surface area contributed by atoms with Crippen LogP contribution in [0.5, 0.6) is 11.5 Å². The largest absolute Gasteiger partial charge is 0.454 e. The third-order valence-electron chi connectivity index (χ3n) is 3.85. The molecule has 0 aliphatic carbocycles. The Morgan fingerprint density at radius 3 is 2.83 bits per heavy atom. The molecule has 1 aliphatic heterocycles. The third-order valence-corrected chi connectivity index (χ3v) is 5.00. The summed E-state index contributed by atoms with van der Waals surface area (Å²) in [5, 5.41) is 11.3. The Morgan fingerprint density at radius 2 is 2.12 bits per heavy atom. The Morgan fingerprint density at radius 1 is 1.38 bits per heavy atom. The van der Waals surface area contributed by atoms with Gasteiger partial charge < -0.3 is 19.4 Å². The topological polar surface area (TPSA) is 78.3 Å². The number of amides is 1. The summed E-state index contributed by atoms with van der Waals surface area (Å²) in [6.45, 7) is 6.01. The van der Waals surface area contributed by atoms with Gasteiger partial charge in [-0.15, -0.1) is 10.2 Å². The van der Waals surface area contributed by atoms with Gasteiger partial charge in [-0.1, -0.05) is 17.8 Å². The van der Waals surface area contributed by atoms with Crippen LogP contribution < -0.4 is 14.8 Å². The van der Waals surface area contributed by atoms with Gasteiger partial charge in [-0.25, -0.2) is 0 Å². The zero-order chi connectivity index (χ0) is 17.3. The van der Waals surface area contributed by atoms with Gasteiger partial charge in [-0.05, 0) is 38.5 Å². The lowest BCUT2D eigenvalue weighted by atomic mass is 9.93. The summed E-state index contributed by atoms with van der Waals surface area (Å²) < 4.78 is 12.5. The van der Waals surface area contributed by atoms with Crippen LogP contribution in [0, 0.1) is 0 Å². The molecular weight excluding hydrogens is 328 g/mol. The zero-order valence-corrected chi connectivity index (χ0v) is 14.9. The number of aromatic nitrogens is 3. The van der Waals surface area contributed by atoms with E-state index in [1.807, 2.05) is 46.0 Å². The Kier molecular flexibility index (Phi) is 4.40. The second kappa shape index (κ2) is 6.35. The van der Waals surface area contributed by atoms with E-state index in [1.165, 1.54) is 11.8 Å². The fourth-order valence-corrected chi connectivity index (χ4v) is 3.15. The number of ether oxygens (including phenoxy) is 2. The number of carbonyl (C=O) groups excluding carboxylic acids is 1. The number of carbonyl (C=O) groups is 1. The van der Waals surface area contributed by atoms with Crippen molar-refractivity contribution in [3.63, 3.8) is 0 Å². The summed E-state index contributed by atoms with van der Waals surface area (Å²) >= 11 is 1.37. The zero-order valence-electron chi connectivity index (χ0n) is 14.1. The minimum absolute atomic E-state index is 0.0642. The lowest BCUT2D eigenvalue weighted by Gasteiger charge is -2.28. The number of fused-ring (bicyclic) bond motifs is 1. The van der Waals surface area contributed by atoms with Crippen LogP contribution in [0.2, 0.25) is 0 Å².